The molecule has 0 unspecified atom stereocenters. The standard InChI is InChI=1S/C14H16N4O3/c1-9(19)15-13-6-7-14(18-17-13)16-11-8-10(20-2)4-5-12(11)21-3/h4-8H,1-3H3,(H,16,18)(H,15,17,19). The summed E-state index contributed by atoms with van der Waals surface area (Å²) in [7, 11) is 3.17. The van der Waals surface area contributed by atoms with Crippen LogP contribution in [0.2, 0.25) is 0 Å². The zero-order valence-corrected chi connectivity index (χ0v) is 12.0. The summed E-state index contributed by atoms with van der Waals surface area (Å²) in [6.45, 7) is 1.41. The van der Waals surface area contributed by atoms with E-state index in [4.69, 9.17) is 9.47 Å². The van der Waals surface area contributed by atoms with Crippen molar-refractivity contribution < 1.29 is 14.3 Å². The summed E-state index contributed by atoms with van der Waals surface area (Å²) in [5, 5.41) is 13.5. The number of anilines is 3. The first kappa shape index (κ1) is 14.6. The van der Waals surface area contributed by atoms with Crippen molar-refractivity contribution in [3.8, 4) is 11.5 Å². The van der Waals surface area contributed by atoms with Crippen LogP contribution in [-0.2, 0) is 4.79 Å². The minimum Gasteiger partial charge on any atom is -0.497 e. The molecule has 21 heavy (non-hydrogen) atoms. The Labute approximate surface area is 122 Å². The molecular weight excluding hydrogens is 272 g/mol. The molecule has 0 aliphatic heterocycles. The van der Waals surface area contributed by atoms with Crippen molar-refractivity contribution in [3.63, 3.8) is 0 Å². The number of methoxy groups -OCH3 is 2. The molecule has 110 valence electrons. The first-order chi connectivity index (χ1) is 10.1. The summed E-state index contributed by atoms with van der Waals surface area (Å²) in [4.78, 5) is 10.9. The summed E-state index contributed by atoms with van der Waals surface area (Å²) < 4.78 is 10.4. The molecule has 1 aromatic carbocycles. The van der Waals surface area contributed by atoms with Crippen LogP contribution in [0.3, 0.4) is 0 Å². The average Bonchev–Trinajstić information content (AvgIpc) is 2.48. The largest absolute Gasteiger partial charge is 0.497 e. The number of ether oxygens (including phenoxy) is 2. The summed E-state index contributed by atoms with van der Waals surface area (Å²) in [6, 6.07) is 8.75. The van der Waals surface area contributed by atoms with Gasteiger partial charge in [0.2, 0.25) is 5.91 Å². The molecule has 2 N–H and O–H groups in total. The van der Waals surface area contributed by atoms with Gasteiger partial charge in [0.1, 0.15) is 11.5 Å². The van der Waals surface area contributed by atoms with Crippen molar-refractivity contribution in [3.05, 3.63) is 30.3 Å². The van der Waals surface area contributed by atoms with Gasteiger partial charge >= 0.3 is 0 Å². The molecule has 7 nitrogen and oxygen atoms in total. The van der Waals surface area contributed by atoms with Crippen molar-refractivity contribution in [2.24, 2.45) is 0 Å². The lowest BCUT2D eigenvalue weighted by atomic mass is 10.2. The first-order valence-corrected chi connectivity index (χ1v) is 6.22. The van der Waals surface area contributed by atoms with E-state index in [9.17, 15) is 4.79 Å². The quantitative estimate of drug-likeness (QED) is 0.877. The highest BCUT2D eigenvalue weighted by Gasteiger charge is 2.07. The lowest BCUT2D eigenvalue weighted by Crippen LogP contribution is -2.08. The second kappa shape index (κ2) is 6.56. The van der Waals surface area contributed by atoms with Gasteiger partial charge in [0.25, 0.3) is 0 Å². The maximum atomic E-state index is 10.9. The summed E-state index contributed by atoms with van der Waals surface area (Å²) in [5.41, 5.74) is 0.707. The molecule has 2 rings (SSSR count). The van der Waals surface area contributed by atoms with Crippen LogP contribution in [0.5, 0.6) is 11.5 Å². The van der Waals surface area contributed by atoms with Gasteiger partial charge in [-0.3, -0.25) is 4.79 Å². The SMILES string of the molecule is COc1ccc(OC)c(Nc2ccc(NC(C)=O)nn2)c1. The summed E-state index contributed by atoms with van der Waals surface area (Å²) >= 11 is 0. The Morgan fingerprint density at radius 2 is 1.76 bits per heavy atom. The molecule has 7 heteroatoms. The van der Waals surface area contributed by atoms with Crippen molar-refractivity contribution in [2.45, 2.75) is 6.92 Å². The van der Waals surface area contributed by atoms with Gasteiger partial charge in [-0.1, -0.05) is 0 Å². The van der Waals surface area contributed by atoms with Crippen LogP contribution in [0.15, 0.2) is 30.3 Å². The number of aromatic nitrogens is 2. The van der Waals surface area contributed by atoms with E-state index in [1.54, 1.807) is 44.6 Å². The molecule has 1 aromatic heterocycles. The van der Waals surface area contributed by atoms with E-state index < -0.39 is 0 Å². The van der Waals surface area contributed by atoms with Gasteiger partial charge in [0, 0.05) is 13.0 Å². The number of amides is 1. The normalized spacial score (nSPS) is 9.86. The molecule has 1 heterocycles. The second-order valence-corrected chi connectivity index (χ2v) is 4.18. The predicted octanol–water partition coefficient (Wildman–Crippen LogP) is 2.20. The third-order valence-electron chi connectivity index (χ3n) is 2.64. The smallest absolute Gasteiger partial charge is 0.222 e. The molecule has 0 atom stereocenters. The Balaban J connectivity index is 2.19. The van der Waals surface area contributed by atoms with Crippen LogP contribution in [0.1, 0.15) is 6.92 Å². The summed E-state index contributed by atoms with van der Waals surface area (Å²) in [6.07, 6.45) is 0. The number of carbonyl (C=O) groups is 1. The van der Waals surface area contributed by atoms with E-state index in [2.05, 4.69) is 20.8 Å². The molecule has 0 bridgehead atoms. The topological polar surface area (TPSA) is 85.4 Å². The molecule has 0 radical (unpaired) electrons. The fourth-order valence-electron chi connectivity index (χ4n) is 1.70. The van der Waals surface area contributed by atoms with Crippen LogP contribution in [-0.4, -0.2) is 30.3 Å². The van der Waals surface area contributed by atoms with Crippen LogP contribution < -0.4 is 20.1 Å². The zero-order valence-electron chi connectivity index (χ0n) is 12.0. The monoisotopic (exact) mass is 288 g/mol. The van der Waals surface area contributed by atoms with E-state index in [1.165, 1.54) is 6.92 Å². The summed E-state index contributed by atoms with van der Waals surface area (Å²) in [5.74, 6) is 2.07. The third-order valence-corrected chi connectivity index (χ3v) is 2.64. The van der Waals surface area contributed by atoms with Gasteiger partial charge in [0.15, 0.2) is 11.6 Å². The predicted molar refractivity (Wildman–Crippen MR) is 79.2 cm³/mol. The number of benzene rings is 1. The molecule has 0 aliphatic rings. The van der Waals surface area contributed by atoms with Gasteiger partial charge < -0.3 is 20.1 Å². The van der Waals surface area contributed by atoms with E-state index in [1.807, 2.05) is 0 Å². The Kier molecular flexibility index (Phi) is 4.55. The number of nitrogens with one attached hydrogen (secondary N) is 2. The molecule has 1 amide bonds. The van der Waals surface area contributed by atoms with Crippen molar-refractivity contribution in [2.75, 3.05) is 24.9 Å². The Morgan fingerprint density at radius 3 is 2.33 bits per heavy atom. The van der Waals surface area contributed by atoms with Gasteiger partial charge in [-0.05, 0) is 24.3 Å². The number of nitrogens with zero attached hydrogens (tertiary/aromatic N) is 2. The third kappa shape index (κ3) is 3.82. The van der Waals surface area contributed by atoms with Gasteiger partial charge in [-0.15, -0.1) is 10.2 Å². The molecule has 0 aliphatic carbocycles. The van der Waals surface area contributed by atoms with Crippen LogP contribution in [0.25, 0.3) is 0 Å². The van der Waals surface area contributed by atoms with E-state index in [-0.39, 0.29) is 5.91 Å². The molecule has 0 saturated carbocycles. The van der Waals surface area contributed by atoms with Gasteiger partial charge in [0.05, 0.1) is 19.9 Å². The highest BCUT2D eigenvalue weighted by atomic mass is 16.5. The lowest BCUT2D eigenvalue weighted by Gasteiger charge is -2.12. The molecule has 0 fully saturated rings. The highest BCUT2D eigenvalue weighted by molar-refractivity contribution is 5.87. The average molecular weight is 288 g/mol. The van der Waals surface area contributed by atoms with E-state index in [0.717, 1.165) is 0 Å². The van der Waals surface area contributed by atoms with E-state index >= 15 is 0 Å². The lowest BCUT2D eigenvalue weighted by molar-refractivity contribution is -0.114. The minimum absolute atomic E-state index is 0.195. The zero-order chi connectivity index (χ0) is 15.2. The Bertz CT molecular complexity index is 629. The Morgan fingerprint density at radius 1 is 1.05 bits per heavy atom. The van der Waals surface area contributed by atoms with Gasteiger partial charge in [-0.25, -0.2) is 0 Å². The molecule has 2 aromatic rings. The molecule has 0 saturated heterocycles. The van der Waals surface area contributed by atoms with Crippen molar-refractivity contribution in [1.29, 1.82) is 0 Å². The van der Waals surface area contributed by atoms with Crippen LogP contribution in [0, 0.1) is 0 Å². The number of carbonyl (C=O) groups excluding carboxylic acids is 1. The van der Waals surface area contributed by atoms with Crippen LogP contribution >= 0.6 is 0 Å². The highest BCUT2D eigenvalue weighted by Crippen LogP contribution is 2.30. The molecule has 0 spiro atoms. The second-order valence-electron chi connectivity index (χ2n) is 4.18. The fourth-order valence-corrected chi connectivity index (χ4v) is 1.70. The number of hydrogen-bond donors (Lipinski definition) is 2. The first-order valence-electron chi connectivity index (χ1n) is 6.22. The van der Waals surface area contributed by atoms with Crippen molar-refractivity contribution in [1.82, 2.24) is 10.2 Å². The van der Waals surface area contributed by atoms with Crippen LogP contribution in [0.4, 0.5) is 17.3 Å². The van der Waals surface area contributed by atoms with Gasteiger partial charge in [-0.2, -0.15) is 0 Å². The maximum absolute atomic E-state index is 10.9. The van der Waals surface area contributed by atoms with E-state index in [0.29, 0.717) is 28.8 Å². The molecular formula is C14H16N4O3. The fraction of sp³-hybridized carbons (Fsp3) is 0.214. The number of rotatable bonds is 5. The minimum atomic E-state index is -0.195. The Hall–Kier alpha value is -2.83. The maximum Gasteiger partial charge on any atom is 0.222 e. The number of hydrogen-bond acceptors (Lipinski definition) is 6. The van der Waals surface area contributed by atoms with Crippen molar-refractivity contribution >= 4 is 23.2 Å².